The molecule has 0 fully saturated rings. The number of benzene rings is 1. The van der Waals surface area contributed by atoms with E-state index in [4.69, 9.17) is 5.11 Å². The molecule has 0 spiro atoms. The molecule has 0 radical (unpaired) electrons. The first-order valence-electron chi connectivity index (χ1n) is 4.68. The minimum atomic E-state index is -0.435. The maximum absolute atomic E-state index is 11.0. The molecule has 0 amide bonds. The van der Waals surface area contributed by atoms with Crippen LogP contribution in [0.15, 0.2) is 42.0 Å². The second-order valence-corrected chi connectivity index (χ2v) is 3.15. The highest BCUT2D eigenvalue weighted by atomic mass is 16.5. The number of hydrogen-bond donors (Lipinski definition) is 1. The standard InChI is InChI=1S/C12H14O3/c1-15-12(14)8-11(9-13)7-10-5-3-2-4-6-10/h2-6,8,13H,7,9H2,1H3. The van der Waals surface area contributed by atoms with Crippen LogP contribution < -0.4 is 0 Å². The van der Waals surface area contributed by atoms with E-state index in [-0.39, 0.29) is 6.61 Å². The van der Waals surface area contributed by atoms with Crippen LogP contribution in [0.1, 0.15) is 5.56 Å². The first-order chi connectivity index (χ1) is 7.26. The quantitative estimate of drug-likeness (QED) is 0.597. The molecule has 80 valence electrons. The molecule has 0 aliphatic heterocycles. The van der Waals surface area contributed by atoms with E-state index >= 15 is 0 Å². The molecule has 0 atom stereocenters. The summed E-state index contributed by atoms with van der Waals surface area (Å²) in [5.41, 5.74) is 1.70. The highest BCUT2D eigenvalue weighted by Crippen LogP contribution is 2.07. The molecule has 15 heavy (non-hydrogen) atoms. The largest absolute Gasteiger partial charge is 0.466 e. The maximum Gasteiger partial charge on any atom is 0.330 e. The lowest BCUT2D eigenvalue weighted by molar-refractivity contribution is -0.134. The van der Waals surface area contributed by atoms with Gasteiger partial charge in [0.1, 0.15) is 0 Å². The Hall–Kier alpha value is -1.61. The van der Waals surface area contributed by atoms with E-state index in [1.54, 1.807) is 0 Å². The summed E-state index contributed by atoms with van der Waals surface area (Å²) in [5.74, 6) is -0.435. The van der Waals surface area contributed by atoms with Crippen molar-refractivity contribution in [3.05, 3.63) is 47.5 Å². The molecule has 1 aromatic carbocycles. The van der Waals surface area contributed by atoms with Crippen LogP contribution in [-0.2, 0) is 16.0 Å². The molecular formula is C12H14O3. The van der Waals surface area contributed by atoms with Crippen molar-refractivity contribution in [2.24, 2.45) is 0 Å². The van der Waals surface area contributed by atoms with Gasteiger partial charge in [-0.3, -0.25) is 0 Å². The number of rotatable bonds is 4. The Morgan fingerprint density at radius 1 is 1.40 bits per heavy atom. The summed E-state index contributed by atoms with van der Waals surface area (Å²) in [5, 5.41) is 9.06. The van der Waals surface area contributed by atoms with E-state index in [1.807, 2.05) is 30.3 Å². The summed E-state index contributed by atoms with van der Waals surface area (Å²) in [7, 11) is 1.32. The zero-order valence-corrected chi connectivity index (χ0v) is 8.64. The van der Waals surface area contributed by atoms with Gasteiger partial charge in [-0.25, -0.2) is 4.79 Å². The Labute approximate surface area is 89.0 Å². The normalized spacial score (nSPS) is 11.2. The van der Waals surface area contributed by atoms with E-state index in [0.29, 0.717) is 12.0 Å². The summed E-state index contributed by atoms with van der Waals surface area (Å²) in [4.78, 5) is 11.0. The van der Waals surface area contributed by atoms with Crippen LogP contribution in [0.4, 0.5) is 0 Å². The lowest BCUT2D eigenvalue weighted by Gasteiger charge is -2.03. The summed E-state index contributed by atoms with van der Waals surface area (Å²) in [6.07, 6.45) is 1.89. The number of aliphatic hydroxyl groups excluding tert-OH is 1. The monoisotopic (exact) mass is 206 g/mol. The van der Waals surface area contributed by atoms with Crippen molar-refractivity contribution >= 4 is 5.97 Å². The van der Waals surface area contributed by atoms with Crippen LogP contribution in [0.3, 0.4) is 0 Å². The molecule has 0 aromatic heterocycles. The SMILES string of the molecule is COC(=O)C=C(CO)Cc1ccccc1. The summed E-state index contributed by atoms with van der Waals surface area (Å²) < 4.78 is 4.49. The number of carbonyl (C=O) groups excluding carboxylic acids is 1. The van der Waals surface area contributed by atoms with Crippen LogP contribution in [0.2, 0.25) is 0 Å². The molecule has 0 bridgehead atoms. The summed E-state index contributed by atoms with van der Waals surface area (Å²) in [6.45, 7) is -0.135. The molecule has 0 heterocycles. The van der Waals surface area contributed by atoms with Gasteiger partial charge in [0.25, 0.3) is 0 Å². The van der Waals surface area contributed by atoms with Crippen molar-refractivity contribution in [2.45, 2.75) is 6.42 Å². The summed E-state index contributed by atoms with van der Waals surface area (Å²) >= 11 is 0. The number of methoxy groups -OCH3 is 1. The van der Waals surface area contributed by atoms with E-state index in [0.717, 1.165) is 5.56 Å². The van der Waals surface area contributed by atoms with Gasteiger partial charge in [0.05, 0.1) is 13.7 Å². The Morgan fingerprint density at radius 3 is 2.60 bits per heavy atom. The highest BCUT2D eigenvalue weighted by molar-refractivity contribution is 5.82. The molecule has 1 rings (SSSR count). The van der Waals surface area contributed by atoms with Crippen LogP contribution in [-0.4, -0.2) is 24.8 Å². The molecule has 3 heteroatoms. The van der Waals surface area contributed by atoms with Gasteiger partial charge in [-0.2, -0.15) is 0 Å². The van der Waals surface area contributed by atoms with Gasteiger partial charge in [-0.15, -0.1) is 0 Å². The van der Waals surface area contributed by atoms with Crippen molar-refractivity contribution < 1.29 is 14.6 Å². The fourth-order valence-corrected chi connectivity index (χ4v) is 1.24. The molecule has 0 unspecified atom stereocenters. The Bertz CT molecular complexity index is 341. The molecule has 1 aromatic rings. The molecule has 0 saturated heterocycles. The minimum Gasteiger partial charge on any atom is -0.466 e. The summed E-state index contributed by atoms with van der Waals surface area (Å²) in [6, 6.07) is 9.65. The zero-order valence-electron chi connectivity index (χ0n) is 8.64. The predicted molar refractivity (Wildman–Crippen MR) is 57.3 cm³/mol. The van der Waals surface area contributed by atoms with Crippen molar-refractivity contribution in [2.75, 3.05) is 13.7 Å². The molecule has 0 aliphatic rings. The van der Waals surface area contributed by atoms with Crippen LogP contribution in [0.25, 0.3) is 0 Å². The smallest absolute Gasteiger partial charge is 0.330 e. The van der Waals surface area contributed by atoms with Gasteiger partial charge < -0.3 is 9.84 Å². The first-order valence-corrected chi connectivity index (χ1v) is 4.68. The highest BCUT2D eigenvalue weighted by Gasteiger charge is 2.01. The topological polar surface area (TPSA) is 46.5 Å². The van der Waals surface area contributed by atoms with Crippen LogP contribution in [0.5, 0.6) is 0 Å². The van der Waals surface area contributed by atoms with Crippen molar-refractivity contribution in [1.29, 1.82) is 0 Å². The van der Waals surface area contributed by atoms with Gasteiger partial charge >= 0.3 is 5.97 Å². The average Bonchev–Trinajstić information content (AvgIpc) is 2.29. The van der Waals surface area contributed by atoms with Gasteiger partial charge in [-0.1, -0.05) is 30.3 Å². The second-order valence-electron chi connectivity index (χ2n) is 3.15. The fraction of sp³-hybridized carbons (Fsp3) is 0.250. The molecule has 3 nitrogen and oxygen atoms in total. The van der Waals surface area contributed by atoms with Gasteiger partial charge in [0, 0.05) is 6.08 Å². The van der Waals surface area contributed by atoms with Crippen LogP contribution >= 0.6 is 0 Å². The van der Waals surface area contributed by atoms with E-state index < -0.39 is 5.97 Å². The molecular weight excluding hydrogens is 192 g/mol. The zero-order chi connectivity index (χ0) is 11.1. The minimum absolute atomic E-state index is 0.135. The van der Waals surface area contributed by atoms with Gasteiger partial charge in [-0.05, 0) is 17.6 Å². The fourth-order valence-electron chi connectivity index (χ4n) is 1.24. The number of aliphatic hydroxyl groups is 1. The van der Waals surface area contributed by atoms with Crippen molar-refractivity contribution in [3.63, 3.8) is 0 Å². The molecule has 1 N–H and O–H groups in total. The van der Waals surface area contributed by atoms with Gasteiger partial charge in [0.15, 0.2) is 0 Å². The Balaban J connectivity index is 2.70. The first kappa shape index (κ1) is 11.5. The lowest BCUT2D eigenvalue weighted by atomic mass is 10.1. The van der Waals surface area contributed by atoms with Crippen molar-refractivity contribution in [1.82, 2.24) is 0 Å². The van der Waals surface area contributed by atoms with E-state index in [2.05, 4.69) is 4.74 Å². The molecule has 0 aliphatic carbocycles. The Kier molecular flexibility index (Phi) is 4.57. The van der Waals surface area contributed by atoms with Crippen LogP contribution in [0, 0.1) is 0 Å². The maximum atomic E-state index is 11.0. The number of carbonyl (C=O) groups is 1. The number of esters is 1. The molecule has 0 saturated carbocycles. The van der Waals surface area contributed by atoms with E-state index in [1.165, 1.54) is 13.2 Å². The number of hydrogen-bond acceptors (Lipinski definition) is 3. The predicted octanol–water partition coefficient (Wildman–Crippen LogP) is 1.32. The third-order valence-corrected chi connectivity index (χ3v) is 2.00. The third kappa shape index (κ3) is 3.95. The lowest BCUT2D eigenvalue weighted by Crippen LogP contribution is -2.02. The van der Waals surface area contributed by atoms with Crippen molar-refractivity contribution in [3.8, 4) is 0 Å². The van der Waals surface area contributed by atoms with E-state index in [9.17, 15) is 4.79 Å². The number of ether oxygens (including phenoxy) is 1. The second kappa shape index (κ2) is 5.98. The average molecular weight is 206 g/mol. The van der Waals surface area contributed by atoms with Gasteiger partial charge in [0.2, 0.25) is 0 Å². The third-order valence-electron chi connectivity index (χ3n) is 2.00. The Morgan fingerprint density at radius 2 is 2.07 bits per heavy atom.